The minimum Gasteiger partial charge on any atom is -0.395 e. The number of aliphatic hydroxyl groups is 1. The van der Waals surface area contributed by atoms with E-state index in [2.05, 4.69) is 0 Å². The number of halogens is 1. The molecule has 0 amide bonds. The van der Waals surface area contributed by atoms with Gasteiger partial charge in [0, 0.05) is 18.6 Å². The fraction of sp³-hybridized carbons (Fsp3) is 0.571. The van der Waals surface area contributed by atoms with Gasteiger partial charge in [0.25, 0.3) is 0 Å². The first-order valence-electron chi connectivity index (χ1n) is 6.56. The second-order valence-electron chi connectivity index (χ2n) is 4.97. The standard InChI is InChI=1S/C14H21FN2O/c1-10(16)12-6-3-7-13(15)14(12)17(8-9-18)11-4-2-5-11/h3,6-7,10-11,18H,2,4-5,8-9,16H2,1H3/t10-/m1/s1. The largest absolute Gasteiger partial charge is 0.395 e. The Morgan fingerprint density at radius 1 is 1.50 bits per heavy atom. The van der Waals surface area contributed by atoms with Crippen LogP contribution in [-0.4, -0.2) is 24.3 Å². The molecule has 3 nitrogen and oxygen atoms in total. The van der Waals surface area contributed by atoms with Gasteiger partial charge in [-0.25, -0.2) is 4.39 Å². The molecule has 0 radical (unpaired) electrons. The molecule has 0 saturated heterocycles. The topological polar surface area (TPSA) is 49.5 Å². The molecule has 0 bridgehead atoms. The molecule has 0 aliphatic heterocycles. The quantitative estimate of drug-likeness (QED) is 0.844. The minimum absolute atomic E-state index is 0.0310. The maximum absolute atomic E-state index is 14.1. The van der Waals surface area contributed by atoms with Crippen molar-refractivity contribution >= 4 is 5.69 Å². The van der Waals surface area contributed by atoms with Crippen LogP contribution in [0.5, 0.6) is 0 Å². The molecule has 1 atom stereocenters. The van der Waals surface area contributed by atoms with Crippen LogP contribution in [0.15, 0.2) is 18.2 Å². The lowest BCUT2D eigenvalue weighted by molar-refractivity contribution is 0.282. The number of nitrogens with zero attached hydrogens (tertiary/aromatic N) is 1. The molecule has 1 fully saturated rings. The van der Waals surface area contributed by atoms with Crippen molar-refractivity contribution in [3.05, 3.63) is 29.6 Å². The zero-order chi connectivity index (χ0) is 13.1. The van der Waals surface area contributed by atoms with E-state index in [9.17, 15) is 9.50 Å². The third kappa shape index (κ3) is 2.49. The number of para-hydroxylation sites is 1. The van der Waals surface area contributed by atoms with Crippen LogP contribution in [0.2, 0.25) is 0 Å². The second kappa shape index (κ2) is 5.67. The molecule has 1 saturated carbocycles. The molecule has 0 heterocycles. The van der Waals surface area contributed by atoms with E-state index in [1.165, 1.54) is 12.5 Å². The number of hydrogen-bond acceptors (Lipinski definition) is 3. The van der Waals surface area contributed by atoms with E-state index in [1.807, 2.05) is 17.9 Å². The normalized spacial score (nSPS) is 17.3. The summed E-state index contributed by atoms with van der Waals surface area (Å²) < 4.78 is 14.1. The first kappa shape index (κ1) is 13.3. The number of aliphatic hydroxyl groups excluding tert-OH is 1. The minimum atomic E-state index is -0.245. The molecule has 100 valence electrons. The molecule has 4 heteroatoms. The molecule has 3 N–H and O–H groups in total. The molecule has 1 aliphatic carbocycles. The molecular weight excluding hydrogens is 231 g/mol. The Labute approximate surface area is 107 Å². The fourth-order valence-corrected chi connectivity index (χ4v) is 2.49. The van der Waals surface area contributed by atoms with Gasteiger partial charge in [0.1, 0.15) is 5.82 Å². The van der Waals surface area contributed by atoms with Crippen LogP contribution in [0.25, 0.3) is 0 Å². The highest BCUT2D eigenvalue weighted by molar-refractivity contribution is 5.57. The van der Waals surface area contributed by atoms with Gasteiger partial charge in [0.15, 0.2) is 0 Å². The first-order valence-corrected chi connectivity index (χ1v) is 6.56. The lowest BCUT2D eigenvalue weighted by atomic mass is 9.90. The number of benzene rings is 1. The van der Waals surface area contributed by atoms with Crippen LogP contribution in [-0.2, 0) is 0 Å². The van der Waals surface area contributed by atoms with Crippen LogP contribution in [0.3, 0.4) is 0 Å². The average molecular weight is 252 g/mol. The Kier molecular flexibility index (Phi) is 4.19. The molecular formula is C14H21FN2O. The van der Waals surface area contributed by atoms with E-state index < -0.39 is 0 Å². The summed E-state index contributed by atoms with van der Waals surface area (Å²) >= 11 is 0. The van der Waals surface area contributed by atoms with Gasteiger partial charge < -0.3 is 15.7 Å². The van der Waals surface area contributed by atoms with E-state index in [1.54, 1.807) is 6.07 Å². The molecule has 1 aromatic rings. The maximum Gasteiger partial charge on any atom is 0.146 e. The average Bonchev–Trinajstić information content (AvgIpc) is 2.25. The third-order valence-corrected chi connectivity index (χ3v) is 3.65. The van der Waals surface area contributed by atoms with Crippen molar-refractivity contribution in [1.82, 2.24) is 0 Å². The molecule has 0 unspecified atom stereocenters. The second-order valence-corrected chi connectivity index (χ2v) is 4.97. The van der Waals surface area contributed by atoms with E-state index in [0.717, 1.165) is 18.4 Å². The Bertz CT molecular complexity index is 405. The number of rotatable bonds is 5. The monoisotopic (exact) mass is 252 g/mol. The molecule has 2 rings (SSSR count). The third-order valence-electron chi connectivity index (χ3n) is 3.65. The van der Waals surface area contributed by atoms with Crippen LogP contribution in [0.4, 0.5) is 10.1 Å². The van der Waals surface area contributed by atoms with Gasteiger partial charge in [-0.3, -0.25) is 0 Å². The molecule has 18 heavy (non-hydrogen) atoms. The zero-order valence-electron chi connectivity index (χ0n) is 10.8. The predicted octanol–water partition coefficient (Wildman–Crippen LogP) is 2.20. The molecule has 0 spiro atoms. The van der Waals surface area contributed by atoms with Crippen molar-refractivity contribution in [3.8, 4) is 0 Å². The lowest BCUT2D eigenvalue weighted by Gasteiger charge is -2.40. The molecule has 1 aliphatic rings. The number of nitrogens with two attached hydrogens (primary N) is 1. The summed E-state index contributed by atoms with van der Waals surface area (Å²) in [4.78, 5) is 1.98. The van der Waals surface area contributed by atoms with Gasteiger partial charge >= 0.3 is 0 Å². The Balaban J connectivity index is 2.38. The fourth-order valence-electron chi connectivity index (χ4n) is 2.49. The SMILES string of the molecule is C[C@@H](N)c1cccc(F)c1N(CCO)C1CCC1. The number of anilines is 1. The van der Waals surface area contributed by atoms with Gasteiger partial charge in [0.2, 0.25) is 0 Å². The van der Waals surface area contributed by atoms with Crippen molar-refractivity contribution in [2.75, 3.05) is 18.1 Å². The first-order chi connectivity index (χ1) is 8.65. The van der Waals surface area contributed by atoms with E-state index in [4.69, 9.17) is 5.73 Å². The Morgan fingerprint density at radius 3 is 2.72 bits per heavy atom. The van der Waals surface area contributed by atoms with Gasteiger partial charge in [-0.2, -0.15) is 0 Å². The highest BCUT2D eigenvalue weighted by atomic mass is 19.1. The maximum atomic E-state index is 14.1. The van der Waals surface area contributed by atoms with E-state index >= 15 is 0 Å². The summed E-state index contributed by atoms with van der Waals surface area (Å²) in [5.41, 5.74) is 7.31. The van der Waals surface area contributed by atoms with E-state index in [-0.39, 0.29) is 18.5 Å². The van der Waals surface area contributed by atoms with Crippen molar-refractivity contribution in [2.45, 2.75) is 38.3 Å². The number of hydrogen-bond donors (Lipinski definition) is 2. The summed E-state index contributed by atoms with van der Waals surface area (Å²) in [6.07, 6.45) is 3.30. The lowest BCUT2D eigenvalue weighted by Crippen LogP contribution is -2.43. The Hall–Kier alpha value is -1.13. The smallest absolute Gasteiger partial charge is 0.146 e. The van der Waals surface area contributed by atoms with Crippen molar-refractivity contribution < 1.29 is 9.50 Å². The Morgan fingerprint density at radius 2 is 2.22 bits per heavy atom. The van der Waals surface area contributed by atoms with Crippen LogP contribution in [0.1, 0.15) is 37.8 Å². The van der Waals surface area contributed by atoms with Gasteiger partial charge in [0.05, 0.1) is 12.3 Å². The highest BCUT2D eigenvalue weighted by Gasteiger charge is 2.28. The van der Waals surface area contributed by atoms with Crippen molar-refractivity contribution in [1.29, 1.82) is 0 Å². The van der Waals surface area contributed by atoms with Gasteiger partial charge in [-0.05, 0) is 37.8 Å². The summed E-state index contributed by atoms with van der Waals surface area (Å²) in [5, 5.41) is 9.19. The highest BCUT2D eigenvalue weighted by Crippen LogP contribution is 2.35. The zero-order valence-corrected chi connectivity index (χ0v) is 10.8. The molecule has 0 aromatic heterocycles. The van der Waals surface area contributed by atoms with Crippen molar-refractivity contribution in [3.63, 3.8) is 0 Å². The molecule has 1 aromatic carbocycles. The van der Waals surface area contributed by atoms with Crippen LogP contribution < -0.4 is 10.6 Å². The van der Waals surface area contributed by atoms with Crippen LogP contribution in [0, 0.1) is 5.82 Å². The van der Waals surface area contributed by atoms with Gasteiger partial charge in [-0.1, -0.05) is 12.1 Å². The van der Waals surface area contributed by atoms with Gasteiger partial charge in [-0.15, -0.1) is 0 Å². The summed E-state index contributed by atoms with van der Waals surface area (Å²) in [6.45, 7) is 2.35. The van der Waals surface area contributed by atoms with Crippen LogP contribution >= 0.6 is 0 Å². The summed E-state index contributed by atoms with van der Waals surface area (Å²) in [6, 6.07) is 5.15. The van der Waals surface area contributed by atoms with E-state index in [0.29, 0.717) is 18.3 Å². The van der Waals surface area contributed by atoms with Crippen molar-refractivity contribution in [2.24, 2.45) is 5.73 Å². The predicted molar refractivity (Wildman–Crippen MR) is 71.1 cm³/mol. The summed E-state index contributed by atoms with van der Waals surface area (Å²) in [7, 11) is 0. The summed E-state index contributed by atoms with van der Waals surface area (Å²) in [5.74, 6) is -0.245.